The third-order valence-corrected chi connectivity index (χ3v) is 4.57. The van der Waals surface area contributed by atoms with Crippen molar-refractivity contribution < 1.29 is 0 Å². The van der Waals surface area contributed by atoms with Gasteiger partial charge in [0.15, 0.2) is 0 Å². The van der Waals surface area contributed by atoms with Gasteiger partial charge in [-0.3, -0.25) is 14.3 Å². The van der Waals surface area contributed by atoms with Gasteiger partial charge in [0.05, 0.1) is 21.9 Å². The topological polar surface area (TPSA) is 83.5 Å². The van der Waals surface area contributed by atoms with Gasteiger partial charge in [-0.1, -0.05) is 30.3 Å². The van der Waals surface area contributed by atoms with Crippen LogP contribution in [0.2, 0.25) is 0 Å². The molecule has 2 aromatic heterocycles. The summed E-state index contributed by atoms with van der Waals surface area (Å²) in [7, 11) is 0. The van der Waals surface area contributed by atoms with Gasteiger partial charge in [-0.2, -0.15) is 0 Å². The lowest BCUT2D eigenvalue weighted by molar-refractivity contribution is 1.08. The Balaban J connectivity index is 1.85. The van der Waals surface area contributed by atoms with Gasteiger partial charge in [0.1, 0.15) is 5.82 Å². The van der Waals surface area contributed by atoms with Gasteiger partial charge in [0.25, 0.3) is 5.56 Å². The van der Waals surface area contributed by atoms with E-state index in [2.05, 4.69) is 14.5 Å². The minimum atomic E-state index is -0.517. The zero-order valence-electron chi connectivity index (χ0n) is 14.1. The van der Waals surface area contributed by atoms with Crippen LogP contribution in [0.3, 0.4) is 0 Å². The van der Waals surface area contributed by atoms with E-state index in [-0.39, 0.29) is 0 Å². The molecule has 0 aliphatic heterocycles. The van der Waals surface area contributed by atoms with Crippen molar-refractivity contribution in [1.82, 2.24) is 19.5 Å². The normalized spacial score (nSPS) is 11.3. The molecule has 0 spiro atoms. The van der Waals surface area contributed by atoms with E-state index in [0.29, 0.717) is 10.9 Å². The SMILES string of the molecule is O=c1[nH]c(=O)c2cc(-c3nc4ccccc4n3-c3ccccc3)ccc2[nH]1. The van der Waals surface area contributed by atoms with Crippen LogP contribution in [0.4, 0.5) is 0 Å². The Morgan fingerprint density at radius 2 is 1.59 bits per heavy atom. The summed E-state index contributed by atoms with van der Waals surface area (Å²) in [6.07, 6.45) is 0. The van der Waals surface area contributed by atoms with Crippen LogP contribution < -0.4 is 11.2 Å². The first-order chi connectivity index (χ1) is 13.2. The monoisotopic (exact) mass is 354 g/mol. The number of aromatic nitrogens is 4. The molecule has 0 aliphatic carbocycles. The number of hydrogen-bond donors (Lipinski definition) is 2. The van der Waals surface area contributed by atoms with Gasteiger partial charge in [0, 0.05) is 11.3 Å². The lowest BCUT2D eigenvalue weighted by Crippen LogP contribution is -2.21. The maximum atomic E-state index is 12.2. The van der Waals surface area contributed by atoms with Crippen LogP contribution in [0, 0.1) is 0 Å². The quantitative estimate of drug-likeness (QED) is 0.510. The lowest BCUT2D eigenvalue weighted by atomic mass is 10.1. The molecule has 0 bridgehead atoms. The molecule has 3 aromatic carbocycles. The highest BCUT2D eigenvalue weighted by Gasteiger charge is 2.15. The molecule has 6 nitrogen and oxygen atoms in total. The molecule has 0 fully saturated rings. The number of benzene rings is 3. The van der Waals surface area contributed by atoms with E-state index in [4.69, 9.17) is 4.98 Å². The van der Waals surface area contributed by atoms with Crippen LogP contribution in [-0.2, 0) is 0 Å². The molecule has 2 heterocycles. The van der Waals surface area contributed by atoms with Gasteiger partial charge < -0.3 is 4.98 Å². The summed E-state index contributed by atoms with van der Waals surface area (Å²) < 4.78 is 2.07. The van der Waals surface area contributed by atoms with Crippen LogP contribution in [0.25, 0.3) is 39.0 Å². The third kappa shape index (κ3) is 2.46. The first-order valence-electron chi connectivity index (χ1n) is 8.50. The number of rotatable bonds is 2. The Morgan fingerprint density at radius 3 is 2.44 bits per heavy atom. The van der Waals surface area contributed by atoms with E-state index in [1.54, 1.807) is 12.1 Å². The molecule has 27 heavy (non-hydrogen) atoms. The average molecular weight is 354 g/mol. The Labute approximate surface area is 152 Å². The van der Waals surface area contributed by atoms with Crippen molar-refractivity contribution in [3.8, 4) is 17.1 Å². The fraction of sp³-hybridized carbons (Fsp3) is 0. The van der Waals surface area contributed by atoms with Gasteiger partial charge in [-0.05, 0) is 42.5 Å². The minimum absolute atomic E-state index is 0.416. The third-order valence-electron chi connectivity index (χ3n) is 4.57. The zero-order chi connectivity index (χ0) is 18.4. The molecule has 0 saturated carbocycles. The number of para-hydroxylation sites is 3. The summed E-state index contributed by atoms with van der Waals surface area (Å²) in [6.45, 7) is 0. The number of hydrogen-bond acceptors (Lipinski definition) is 3. The Hall–Kier alpha value is -3.93. The second-order valence-corrected chi connectivity index (χ2v) is 6.26. The van der Waals surface area contributed by atoms with E-state index < -0.39 is 11.2 Å². The summed E-state index contributed by atoms with van der Waals surface area (Å²) in [5.41, 5.74) is 3.18. The standard InChI is InChI=1S/C21H14N4O2/c26-20-15-12-13(10-11-16(15)23-21(27)24-20)19-22-17-8-4-5-9-18(17)25(19)14-6-2-1-3-7-14/h1-12H,(H2,23,24,26,27). The van der Waals surface area contributed by atoms with Gasteiger partial charge in [-0.15, -0.1) is 0 Å². The first kappa shape index (κ1) is 15.3. The van der Waals surface area contributed by atoms with Crippen LogP contribution in [0.5, 0.6) is 0 Å². The molecule has 0 saturated heterocycles. The zero-order valence-corrected chi connectivity index (χ0v) is 14.1. The van der Waals surface area contributed by atoms with Crippen LogP contribution in [0.15, 0.2) is 82.4 Å². The summed E-state index contributed by atoms with van der Waals surface area (Å²) in [6, 6.07) is 23.2. The van der Waals surface area contributed by atoms with Crippen molar-refractivity contribution >= 4 is 21.9 Å². The average Bonchev–Trinajstić information content (AvgIpc) is 3.08. The molecule has 0 aliphatic rings. The van der Waals surface area contributed by atoms with Gasteiger partial charge >= 0.3 is 5.69 Å². The molecule has 0 amide bonds. The van der Waals surface area contributed by atoms with E-state index in [0.717, 1.165) is 28.1 Å². The van der Waals surface area contributed by atoms with E-state index in [1.807, 2.05) is 60.7 Å². The van der Waals surface area contributed by atoms with Crippen molar-refractivity contribution in [1.29, 1.82) is 0 Å². The van der Waals surface area contributed by atoms with Crippen molar-refractivity contribution in [2.24, 2.45) is 0 Å². The van der Waals surface area contributed by atoms with Crippen LogP contribution in [-0.4, -0.2) is 19.5 Å². The van der Waals surface area contributed by atoms with Crippen LogP contribution >= 0.6 is 0 Å². The number of H-pyrrole nitrogens is 2. The number of nitrogens with one attached hydrogen (secondary N) is 2. The second kappa shape index (κ2) is 5.81. The molecule has 130 valence electrons. The van der Waals surface area contributed by atoms with E-state index in [1.165, 1.54) is 0 Å². The smallest absolute Gasteiger partial charge is 0.307 e. The number of imidazole rings is 1. The van der Waals surface area contributed by atoms with Crippen molar-refractivity contribution in [2.75, 3.05) is 0 Å². The van der Waals surface area contributed by atoms with E-state index in [9.17, 15) is 9.59 Å². The largest absolute Gasteiger partial charge is 0.326 e. The summed E-state index contributed by atoms with van der Waals surface area (Å²) >= 11 is 0. The van der Waals surface area contributed by atoms with Gasteiger partial charge in [0.2, 0.25) is 0 Å². The van der Waals surface area contributed by atoms with Crippen molar-refractivity contribution in [2.45, 2.75) is 0 Å². The van der Waals surface area contributed by atoms with Crippen molar-refractivity contribution in [3.05, 3.63) is 93.6 Å². The molecule has 2 N–H and O–H groups in total. The summed E-state index contributed by atoms with van der Waals surface area (Å²) in [4.78, 5) is 33.4. The molecule has 0 radical (unpaired) electrons. The summed E-state index contributed by atoms with van der Waals surface area (Å²) in [5, 5.41) is 0.416. The van der Waals surface area contributed by atoms with E-state index >= 15 is 0 Å². The van der Waals surface area contributed by atoms with Gasteiger partial charge in [-0.25, -0.2) is 9.78 Å². The first-order valence-corrected chi connectivity index (χ1v) is 8.50. The highest BCUT2D eigenvalue weighted by molar-refractivity contribution is 5.87. The molecular formula is C21H14N4O2. The molecule has 5 rings (SSSR count). The Kier molecular flexibility index (Phi) is 3.30. The minimum Gasteiger partial charge on any atom is -0.307 e. The molecule has 0 atom stereocenters. The molecule has 0 unspecified atom stereocenters. The van der Waals surface area contributed by atoms with Crippen LogP contribution in [0.1, 0.15) is 0 Å². The maximum absolute atomic E-state index is 12.2. The summed E-state index contributed by atoms with van der Waals surface area (Å²) in [5.74, 6) is 0.731. The predicted octanol–water partition coefficient (Wildman–Crippen LogP) is 3.22. The van der Waals surface area contributed by atoms with Crippen molar-refractivity contribution in [3.63, 3.8) is 0 Å². The number of fused-ring (bicyclic) bond motifs is 2. The molecule has 5 aromatic rings. The Bertz CT molecular complexity index is 1410. The number of aromatic amines is 2. The predicted molar refractivity (Wildman–Crippen MR) is 105 cm³/mol. The Morgan fingerprint density at radius 1 is 0.815 bits per heavy atom. The highest BCUT2D eigenvalue weighted by Crippen LogP contribution is 2.29. The fourth-order valence-corrected chi connectivity index (χ4v) is 3.36. The second-order valence-electron chi connectivity index (χ2n) is 6.26. The fourth-order valence-electron chi connectivity index (χ4n) is 3.36. The maximum Gasteiger partial charge on any atom is 0.326 e. The lowest BCUT2D eigenvalue weighted by Gasteiger charge is -2.10. The molecular weight excluding hydrogens is 340 g/mol. The molecule has 6 heteroatoms. The highest BCUT2D eigenvalue weighted by atomic mass is 16.2. The number of nitrogens with zero attached hydrogens (tertiary/aromatic N) is 2.